The molecule has 3 nitrogen and oxygen atoms in total. The fourth-order valence-electron chi connectivity index (χ4n) is 5.37. The first-order valence-corrected chi connectivity index (χ1v) is 13.3. The van der Waals surface area contributed by atoms with Gasteiger partial charge in [-0.2, -0.15) is 9.83 Å². The van der Waals surface area contributed by atoms with Crippen molar-refractivity contribution in [2.24, 2.45) is 7.05 Å². The zero-order valence-electron chi connectivity index (χ0n) is 25.2. The van der Waals surface area contributed by atoms with Gasteiger partial charge in [0.05, 0.1) is 18.6 Å². The van der Waals surface area contributed by atoms with Gasteiger partial charge in [0, 0.05) is 27.9 Å². The molecule has 0 radical (unpaired) electrons. The van der Waals surface area contributed by atoms with Gasteiger partial charge in [0.2, 0.25) is 11.9 Å². The highest BCUT2D eigenvalue weighted by atomic mass is 19.1. The fourth-order valence-corrected chi connectivity index (χ4v) is 5.37. The molecule has 40 heavy (non-hydrogen) atoms. The molecule has 0 aliphatic rings. The Morgan fingerprint density at radius 1 is 0.875 bits per heavy atom. The third-order valence-electron chi connectivity index (χ3n) is 7.41. The Morgan fingerprint density at radius 3 is 2.33 bits per heavy atom. The van der Waals surface area contributed by atoms with Crippen LogP contribution in [0.4, 0.5) is 4.39 Å². The van der Waals surface area contributed by atoms with Gasteiger partial charge in [0.1, 0.15) is 19.6 Å². The van der Waals surface area contributed by atoms with Crippen molar-refractivity contribution >= 4 is 21.9 Å². The molecule has 6 rings (SSSR count). The van der Waals surface area contributed by atoms with Gasteiger partial charge in [-0.1, -0.05) is 81.4 Å². The number of nitriles is 1. The molecule has 0 saturated heterocycles. The van der Waals surface area contributed by atoms with E-state index in [9.17, 15) is 5.26 Å². The van der Waals surface area contributed by atoms with E-state index in [-0.39, 0.29) is 17.8 Å². The number of fused-ring (bicyclic) bond motifs is 3. The summed E-state index contributed by atoms with van der Waals surface area (Å²) in [5.74, 6) is -0.688. The molecule has 0 aliphatic carbocycles. The van der Waals surface area contributed by atoms with Gasteiger partial charge in [0.25, 0.3) is 0 Å². The second kappa shape index (κ2) is 9.47. The normalized spacial score (nSPS) is 12.4. The van der Waals surface area contributed by atoms with Gasteiger partial charge in [-0.15, -0.1) is 0 Å². The topological polar surface area (TPSA) is 40.8 Å². The lowest BCUT2D eigenvalue weighted by Gasteiger charge is -2.19. The highest BCUT2D eigenvalue weighted by molar-refractivity contribution is 6.13. The Kier molecular flexibility index (Phi) is 5.48. The minimum Gasteiger partial charge on any atom is -0.454 e. The molecule has 0 amide bonds. The molecule has 4 aromatic carbocycles. The van der Waals surface area contributed by atoms with E-state index in [1.807, 2.05) is 82.3 Å². The summed E-state index contributed by atoms with van der Waals surface area (Å²) in [6.45, 7) is 7.47. The fraction of sp³-hybridized carbons (Fsp3) is 0.167. The Morgan fingerprint density at radius 2 is 1.60 bits per heavy atom. The number of rotatable bonds is 3. The Balaban J connectivity index is 1.69. The second-order valence-corrected chi connectivity index (χ2v) is 11.3. The summed E-state index contributed by atoms with van der Waals surface area (Å²) in [6.07, 6.45) is -0.288. The SMILES string of the molecule is [2H]c1c(C(C)(C)C)c(F)c([2H])[n+](C)c1-c1c(C)ccc2c1oc1c(-c3cccc(-c4ccccc4)c3)cc(C#N)cc12. The van der Waals surface area contributed by atoms with E-state index >= 15 is 4.39 Å². The molecule has 0 atom stereocenters. The molecule has 0 saturated carbocycles. The van der Waals surface area contributed by atoms with Crippen LogP contribution in [0.2, 0.25) is 0 Å². The van der Waals surface area contributed by atoms with Crippen molar-refractivity contribution in [2.45, 2.75) is 33.1 Å². The Hall–Kier alpha value is -4.75. The maximum absolute atomic E-state index is 15.4. The van der Waals surface area contributed by atoms with Crippen molar-refractivity contribution in [3.8, 4) is 39.6 Å². The van der Waals surface area contributed by atoms with Crippen LogP contribution in [0.1, 0.15) is 40.2 Å². The number of furan rings is 1. The van der Waals surface area contributed by atoms with E-state index < -0.39 is 11.2 Å². The molecule has 4 heteroatoms. The van der Waals surface area contributed by atoms with Crippen molar-refractivity contribution < 1.29 is 16.1 Å². The monoisotopic (exact) mass is 527 g/mol. The van der Waals surface area contributed by atoms with Gasteiger partial charge in [-0.25, -0.2) is 4.39 Å². The lowest BCUT2D eigenvalue weighted by Crippen LogP contribution is -2.33. The molecule has 0 unspecified atom stereocenters. The highest BCUT2D eigenvalue weighted by Crippen LogP contribution is 2.42. The van der Waals surface area contributed by atoms with Gasteiger partial charge >= 0.3 is 0 Å². The number of halogens is 1. The number of benzene rings is 4. The minimum atomic E-state index is -0.688. The second-order valence-electron chi connectivity index (χ2n) is 11.3. The molecule has 2 aromatic heterocycles. The third-order valence-corrected chi connectivity index (χ3v) is 7.41. The maximum Gasteiger partial charge on any atom is 0.216 e. The summed E-state index contributed by atoms with van der Waals surface area (Å²) in [7, 11) is 1.61. The molecule has 0 fully saturated rings. The van der Waals surface area contributed by atoms with Crippen LogP contribution in [0.3, 0.4) is 0 Å². The first-order chi connectivity index (χ1) is 20.0. The summed E-state index contributed by atoms with van der Waals surface area (Å²) in [5, 5.41) is 11.5. The van der Waals surface area contributed by atoms with Crippen LogP contribution in [0.25, 0.3) is 55.4 Å². The van der Waals surface area contributed by atoms with E-state index in [0.29, 0.717) is 28.0 Å². The van der Waals surface area contributed by atoms with E-state index in [1.54, 1.807) is 7.05 Å². The van der Waals surface area contributed by atoms with Crippen LogP contribution in [-0.4, -0.2) is 0 Å². The summed E-state index contributed by atoms with van der Waals surface area (Å²) in [5.41, 5.74) is 6.89. The minimum absolute atomic E-state index is 0.0306. The number of aromatic nitrogens is 1. The molecule has 0 N–H and O–H groups in total. The zero-order chi connectivity index (χ0) is 29.9. The standard InChI is InChI=1S/C36H30FN2O/c1-22-14-15-27-29-17-23(20-38)16-28(26-13-9-12-25(18-26)24-10-7-6-8-11-24)34(29)40-35(27)33(22)32-19-30(36(2,3)4)31(37)21-39(32)5/h6-19,21H,1-5H3/q+1/i19D,21D. The van der Waals surface area contributed by atoms with Gasteiger partial charge in [-0.05, 0) is 52.8 Å². The van der Waals surface area contributed by atoms with Crippen molar-refractivity contribution in [2.75, 3.05) is 0 Å². The first kappa shape index (κ1) is 23.2. The predicted molar refractivity (Wildman–Crippen MR) is 159 cm³/mol. The molecule has 196 valence electrons. The molecule has 0 aliphatic heterocycles. The summed E-state index contributed by atoms with van der Waals surface area (Å²) >= 11 is 0. The van der Waals surface area contributed by atoms with E-state index in [0.717, 1.165) is 38.6 Å². The smallest absolute Gasteiger partial charge is 0.216 e. The highest BCUT2D eigenvalue weighted by Gasteiger charge is 2.28. The number of aryl methyl sites for hydroxylation is 1. The predicted octanol–water partition coefficient (Wildman–Crippen LogP) is 9.03. The third kappa shape index (κ3) is 4.25. The van der Waals surface area contributed by atoms with Crippen molar-refractivity contribution in [1.29, 1.82) is 5.26 Å². The van der Waals surface area contributed by atoms with Crippen LogP contribution in [0, 0.1) is 24.1 Å². The van der Waals surface area contributed by atoms with Gasteiger partial charge in [0.15, 0.2) is 5.82 Å². The molecule has 2 heterocycles. The quantitative estimate of drug-likeness (QED) is 0.215. The van der Waals surface area contributed by atoms with Crippen LogP contribution in [0.5, 0.6) is 0 Å². The van der Waals surface area contributed by atoms with Gasteiger partial charge < -0.3 is 4.42 Å². The van der Waals surface area contributed by atoms with Crippen LogP contribution >= 0.6 is 0 Å². The number of hydrogen-bond donors (Lipinski definition) is 0. The van der Waals surface area contributed by atoms with Crippen LogP contribution in [0.15, 0.2) is 95.5 Å². The molecule has 0 spiro atoms. The van der Waals surface area contributed by atoms with E-state index in [1.165, 1.54) is 4.57 Å². The number of pyridine rings is 1. The first-order valence-electron chi connectivity index (χ1n) is 14.3. The Labute approximate surface area is 236 Å². The lowest BCUT2D eigenvalue weighted by molar-refractivity contribution is -0.662. The van der Waals surface area contributed by atoms with Crippen molar-refractivity contribution in [3.63, 3.8) is 0 Å². The average Bonchev–Trinajstić information content (AvgIpc) is 3.35. The summed E-state index contributed by atoms with van der Waals surface area (Å²) in [4.78, 5) is 0. The molecular formula is C36H30FN2O+. The summed E-state index contributed by atoms with van der Waals surface area (Å²) < 4.78 is 41.2. The maximum atomic E-state index is 15.4. The van der Waals surface area contributed by atoms with Crippen LogP contribution < -0.4 is 4.57 Å². The number of nitrogens with zero attached hydrogens (tertiary/aromatic N) is 2. The van der Waals surface area contributed by atoms with E-state index in [4.69, 9.17) is 7.16 Å². The Bertz CT molecular complexity index is 2080. The molecule has 0 bridgehead atoms. The largest absolute Gasteiger partial charge is 0.454 e. The van der Waals surface area contributed by atoms with E-state index in [2.05, 4.69) is 30.3 Å². The summed E-state index contributed by atoms with van der Waals surface area (Å²) in [6, 6.07) is 28.2. The zero-order valence-corrected chi connectivity index (χ0v) is 23.2. The van der Waals surface area contributed by atoms with Gasteiger partial charge in [-0.3, -0.25) is 0 Å². The average molecular weight is 528 g/mol. The van der Waals surface area contributed by atoms with Crippen molar-refractivity contribution in [1.82, 2.24) is 0 Å². The van der Waals surface area contributed by atoms with Crippen molar-refractivity contribution in [3.05, 3.63) is 114 Å². The number of hydrogen-bond acceptors (Lipinski definition) is 2. The van der Waals surface area contributed by atoms with Crippen LogP contribution in [-0.2, 0) is 12.5 Å². The lowest BCUT2D eigenvalue weighted by atomic mass is 9.86. The molecular weight excluding hydrogens is 495 g/mol. The molecule has 6 aromatic rings.